The van der Waals surface area contributed by atoms with E-state index in [1.165, 1.54) is 18.0 Å². The van der Waals surface area contributed by atoms with Crippen LogP contribution in [0.3, 0.4) is 0 Å². The molecule has 0 spiro atoms. The molecule has 2 aromatic rings. The number of anilines is 1. The van der Waals surface area contributed by atoms with Crippen molar-refractivity contribution < 1.29 is 4.79 Å². The van der Waals surface area contributed by atoms with Gasteiger partial charge in [0.05, 0.1) is 10.6 Å². The molecule has 2 rings (SSSR count). The van der Waals surface area contributed by atoms with Crippen LogP contribution < -0.4 is 10.7 Å². The molecule has 0 saturated carbocycles. The summed E-state index contributed by atoms with van der Waals surface area (Å²) >= 11 is 1.29. The summed E-state index contributed by atoms with van der Waals surface area (Å²) in [7, 11) is 0. The van der Waals surface area contributed by atoms with Crippen molar-refractivity contribution in [2.75, 3.05) is 11.6 Å². The van der Waals surface area contributed by atoms with Crippen molar-refractivity contribution in [2.24, 2.45) is 0 Å². The van der Waals surface area contributed by atoms with Crippen LogP contribution in [0.25, 0.3) is 6.08 Å². The first-order valence-corrected chi connectivity index (χ1v) is 9.18. The molecular formula is C19H26N2O2S. The SMILES string of the molecule is C=Cc1[nH]cc(C(=O)Nc2ccccc2)c(=O)c1SC.CC.CC. The van der Waals surface area contributed by atoms with Crippen molar-refractivity contribution in [3.05, 3.63) is 64.6 Å². The molecule has 0 radical (unpaired) electrons. The molecule has 1 heterocycles. The number of aromatic nitrogens is 1. The van der Waals surface area contributed by atoms with Crippen LogP contribution >= 0.6 is 11.8 Å². The summed E-state index contributed by atoms with van der Waals surface area (Å²) in [5.74, 6) is -0.427. The summed E-state index contributed by atoms with van der Waals surface area (Å²) in [6, 6.07) is 9.01. The zero-order chi connectivity index (χ0) is 18.5. The van der Waals surface area contributed by atoms with E-state index in [0.717, 1.165) is 0 Å². The highest BCUT2D eigenvalue weighted by Gasteiger charge is 2.15. The number of hydrogen-bond acceptors (Lipinski definition) is 3. The Bertz CT molecular complexity index is 694. The Labute approximate surface area is 148 Å². The Hall–Kier alpha value is -2.27. The van der Waals surface area contributed by atoms with E-state index >= 15 is 0 Å². The number of rotatable bonds is 4. The predicted octanol–water partition coefficient (Wildman–Crippen LogP) is 5.04. The lowest BCUT2D eigenvalue weighted by molar-refractivity contribution is 0.102. The first-order valence-electron chi connectivity index (χ1n) is 7.96. The van der Waals surface area contributed by atoms with Gasteiger partial charge >= 0.3 is 0 Å². The number of thioether (sulfide) groups is 1. The van der Waals surface area contributed by atoms with E-state index in [2.05, 4.69) is 16.9 Å². The van der Waals surface area contributed by atoms with Crippen LogP contribution in [0, 0.1) is 0 Å². The van der Waals surface area contributed by atoms with Crippen LogP contribution in [0.4, 0.5) is 5.69 Å². The smallest absolute Gasteiger partial charge is 0.261 e. The Kier molecular flexibility index (Phi) is 11.0. The molecule has 5 heteroatoms. The molecule has 0 aliphatic heterocycles. The minimum absolute atomic E-state index is 0.0869. The summed E-state index contributed by atoms with van der Waals surface area (Å²) < 4.78 is 0. The average Bonchev–Trinajstić information content (AvgIpc) is 2.65. The van der Waals surface area contributed by atoms with Gasteiger partial charge in [-0.2, -0.15) is 0 Å². The first-order chi connectivity index (χ1) is 11.7. The Morgan fingerprint density at radius 3 is 2.25 bits per heavy atom. The maximum Gasteiger partial charge on any atom is 0.261 e. The van der Waals surface area contributed by atoms with Crippen LogP contribution in [-0.4, -0.2) is 17.1 Å². The normalized spacial score (nSPS) is 8.88. The van der Waals surface area contributed by atoms with Crippen molar-refractivity contribution in [3.8, 4) is 0 Å². The summed E-state index contributed by atoms with van der Waals surface area (Å²) in [5.41, 5.74) is 1.07. The van der Waals surface area contributed by atoms with Crippen molar-refractivity contribution in [2.45, 2.75) is 32.6 Å². The highest BCUT2D eigenvalue weighted by Crippen LogP contribution is 2.16. The Morgan fingerprint density at radius 1 is 1.17 bits per heavy atom. The van der Waals surface area contributed by atoms with Gasteiger partial charge in [0.15, 0.2) is 0 Å². The number of para-hydroxylation sites is 1. The third kappa shape index (κ3) is 5.74. The number of carbonyl (C=O) groups is 1. The fourth-order valence-corrected chi connectivity index (χ4v) is 2.43. The number of pyridine rings is 1. The van der Waals surface area contributed by atoms with Crippen molar-refractivity contribution in [3.63, 3.8) is 0 Å². The summed E-state index contributed by atoms with van der Waals surface area (Å²) in [6.45, 7) is 11.6. The summed E-state index contributed by atoms with van der Waals surface area (Å²) in [6.07, 6.45) is 4.76. The monoisotopic (exact) mass is 346 g/mol. The molecule has 0 aliphatic carbocycles. The molecule has 1 amide bonds. The molecule has 24 heavy (non-hydrogen) atoms. The standard InChI is InChI=1S/C15H14N2O2S.2C2H6/c1-3-12-14(20-2)13(18)11(9-16-12)15(19)17-10-7-5-4-6-8-10;2*1-2/h3-9H,1H2,2H3,(H,16,18)(H,17,19);2*1-2H3. The lowest BCUT2D eigenvalue weighted by atomic mass is 10.2. The lowest BCUT2D eigenvalue weighted by Crippen LogP contribution is -2.23. The number of nitrogens with one attached hydrogen (secondary N) is 2. The number of benzene rings is 1. The predicted molar refractivity (Wildman–Crippen MR) is 106 cm³/mol. The third-order valence-electron chi connectivity index (χ3n) is 2.75. The van der Waals surface area contributed by atoms with Gasteiger partial charge in [0.1, 0.15) is 5.56 Å². The van der Waals surface area contributed by atoms with Crippen molar-refractivity contribution in [1.82, 2.24) is 4.98 Å². The van der Waals surface area contributed by atoms with Crippen LogP contribution in [0.5, 0.6) is 0 Å². The second-order valence-electron chi connectivity index (χ2n) is 4.00. The molecule has 0 unspecified atom stereocenters. The molecule has 4 nitrogen and oxygen atoms in total. The fraction of sp³-hybridized carbons (Fsp3) is 0.263. The van der Waals surface area contributed by atoms with Gasteiger partial charge in [-0.3, -0.25) is 9.59 Å². The lowest BCUT2D eigenvalue weighted by Gasteiger charge is -2.07. The first kappa shape index (κ1) is 21.7. The van der Waals surface area contributed by atoms with Gasteiger partial charge in [-0.25, -0.2) is 0 Å². The van der Waals surface area contributed by atoms with Gasteiger partial charge in [0.2, 0.25) is 5.43 Å². The highest BCUT2D eigenvalue weighted by atomic mass is 32.2. The summed E-state index contributed by atoms with van der Waals surface area (Å²) in [4.78, 5) is 27.8. The minimum atomic E-state index is -0.427. The van der Waals surface area contributed by atoms with Crippen LogP contribution in [-0.2, 0) is 0 Å². The minimum Gasteiger partial charge on any atom is -0.360 e. The van der Waals surface area contributed by atoms with Gasteiger partial charge in [0, 0.05) is 11.9 Å². The third-order valence-corrected chi connectivity index (χ3v) is 3.57. The molecule has 0 saturated heterocycles. The molecule has 1 aromatic heterocycles. The second-order valence-corrected chi connectivity index (χ2v) is 4.82. The van der Waals surface area contributed by atoms with E-state index in [9.17, 15) is 9.59 Å². The Morgan fingerprint density at radius 2 is 1.75 bits per heavy atom. The topological polar surface area (TPSA) is 62.0 Å². The van der Waals surface area contributed by atoms with E-state index in [1.54, 1.807) is 24.5 Å². The second kappa shape index (κ2) is 12.2. The molecule has 0 aliphatic rings. The molecule has 2 N–H and O–H groups in total. The number of amides is 1. The van der Waals surface area contributed by atoms with Gasteiger partial charge in [-0.05, 0) is 24.5 Å². The van der Waals surface area contributed by atoms with E-state index in [0.29, 0.717) is 16.3 Å². The van der Waals surface area contributed by atoms with Crippen molar-refractivity contribution in [1.29, 1.82) is 0 Å². The quantitative estimate of drug-likeness (QED) is 0.762. The maximum atomic E-state index is 12.3. The number of H-pyrrole nitrogens is 1. The van der Waals surface area contributed by atoms with Gasteiger partial charge in [-0.1, -0.05) is 52.5 Å². The van der Waals surface area contributed by atoms with Crippen LogP contribution in [0.2, 0.25) is 0 Å². The summed E-state index contributed by atoms with van der Waals surface area (Å²) in [5, 5.41) is 2.69. The molecule has 130 valence electrons. The van der Waals surface area contributed by atoms with Crippen LogP contribution in [0.1, 0.15) is 43.7 Å². The molecular weight excluding hydrogens is 320 g/mol. The number of carbonyl (C=O) groups excluding carboxylic acids is 1. The largest absolute Gasteiger partial charge is 0.360 e. The van der Waals surface area contributed by atoms with E-state index in [-0.39, 0.29) is 11.0 Å². The maximum absolute atomic E-state index is 12.3. The van der Waals surface area contributed by atoms with E-state index in [4.69, 9.17) is 0 Å². The van der Waals surface area contributed by atoms with Gasteiger partial charge in [-0.15, -0.1) is 11.8 Å². The van der Waals surface area contributed by atoms with Crippen molar-refractivity contribution >= 4 is 29.4 Å². The highest BCUT2D eigenvalue weighted by molar-refractivity contribution is 7.98. The van der Waals surface area contributed by atoms with Crippen LogP contribution in [0.15, 0.2) is 52.8 Å². The van der Waals surface area contributed by atoms with Gasteiger partial charge in [0.25, 0.3) is 5.91 Å². The fourth-order valence-electron chi connectivity index (χ4n) is 1.77. The van der Waals surface area contributed by atoms with E-state index in [1.807, 2.05) is 45.9 Å². The number of aromatic amines is 1. The molecule has 0 atom stereocenters. The average molecular weight is 346 g/mol. The molecule has 1 aromatic carbocycles. The molecule has 0 fully saturated rings. The van der Waals surface area contributed by atoms with Gasteiger partial charge < -0.3 is 10.3 Å². The molecule has 0 bridgehead atoms. The number of hydrogen-bond donors (Lipinski definition) is 2. The zero-order valence-electron chi connectivity index (χ0n) is 15.0. The Balaban J connectivity index is 0.00000123. The zero-order valence-corrected chi connectivity index (χ0v) is 15.8. The van der Waals surface area contributed by atoms with E-state index < -0.39 is 5.91 Å².